The zero-order valence-corrected chi connectivity index (χ0v) is 13.0. The molecule has 0 bridgehead atoms. The Bertz CT molecular complexity index is 542. The number of nitrogens with one attached hydrogen (secondary N) is 2. The van der Waals surface area contributed by atoms with E-state index in [1.54, 1.807) is 18.2 Å². The van der Waals surface area contributed by atoms with Crippen LogP contribution in [0.3, 0.4) is 0 Å². The molecule has 0 radical (unpaired) electrons. The lowest BCUT2D eigenvalue weighted by Gasteiger charge is -2.30. The monoisotopic (exact) mass is 328 g/mol. The van der Waals surface area contributed by atoms with Crippen molar-refractivity contribution in [2.45, 2.75) is 45.4 Å². The quantitative estimate of drug-likeness (QED) is 0.752. The van der Waals surface area contributed by atoms with E-state index in [1.807, 2.05) is 6.92 Å². The maximum absolute atomic E-state index is 12.3. The summed E-state index contributed by atoms with van der Waals surface area (Å²) >= 11 is 0. The van der Waals surface area contributed by atoms with Crippen molar-refractivity contribution in [3.8, 4) is 5.75 Å². The summed E-state index contributed by atoms with van der Waals surface area (Å²) in [5.41, 5.74) is 0.160. The third-order valence-corrected chi connectivity index (χ3v) is 4.38. The summed E-state index contributed by atoms with van der Waals surface area (Å²) in [6.07, 6.45) is 2.63. The van der Waals surface area contributed by atoms with Gasteiger partial charge in [0, 0.05) is 23.6 Å². The minimum absolute atomic E-state index is 0.0169. The summed E-state index contributed by atoms with van der Waals surface area (Å²) in [4.78, 5) is 12.0. The van der Waals surface area contributed by atoms with Gasteiger partial charge in [0.05, 0.1) is 6.61 Å². The number of benzene rings is 1. The Morgan fingerprint density at radius 2 is 2.22 bits per heavy atom. The lowest BCUT2D eigenvalue weighted by Crippen LogP contribution is -2.48. The Morgan fingerprint density at radius 3 is 2.91 bits per heavy atom. The number of ether oxygens (including phenoxy) is 1. The van der Waals surface area contributed by atoms with Crippen LogP contribution < -0.4 is 15.4 Å². The highest BCUT2D eigenvalue weighted by Gasteiger charge is 2.39. The van der Waals surface area contributed by atoms with Crippen LogP contribution in [0.15, 0.2) is 24.3 Å². The molecule has 128 valence electrons. The normalized spacial score (nSPS) is 23.8. The summed E-state index contributed by atoms with van der Waals surface area (Å²) in [6.45, 7) is -0.870. The van der Waals surface area contributed by atoms with Crippen LogP contribution in [0.25, 0.3) is 0 Å². The highest BCUT2D eigenvalue weighted by molar-refractivity contribution is 5.74. The molecule has 0 spiro atoms. The number of rotatable bonds is 6. The van der Waals surface area contributed by atoms with Crippen LogP contribution in [0.4, 0.5) is 13.6 Å². The predicted octanol–water partition coefficient (Wildman–Crippen LogP) is 2.64. The van der Waals surface area contributed by atoms with Gasteiger partial charge in [0.1, 0.15) is 5.75 Å². The fraction of sp³-hybridized carbons (Fsp3) is 0.562. The lowest BCUT2D eigenvalue weighted by molar-refractivity contribution is -0.0504. The summed E-state index contributed by atoms with van der Waals surface area (Å²) in [5, 5.41) is 15.0. The standard InChI is InChI=1S/C16H22F2N2O3/c1-16(10-21)8-4-7-13(16)20-15(22)19-9-11-5-2-3-6-12(11)23-14(17)18/h2-3,5-6,13-14,21H,4,7-10H2,1H3,(H2,19,20,22). The van der Waals surface area contributed by atoms with Gasteiger partial charge in [-0.3, -0.25) is 0 Å². The fourth-order valence-corrected chi connectivity index (χ4v) is 2.91. The van der Waals surface area contributed by atoms with Crippen molar-refractivity contribution in [2.75, 3.05) is 6.61 Å². The second-order valence-corrected chi connectivity index (χ2v) is 6.07. The van der Waals surface area contributed by atoms with Gasteiger partial charge >= 0.3 is 12.6 Å². The molecule has 0 aliphatic heterocycles. The number of para-hydroxylation sites is 1. The van der Waals surface area contributed by atoms with Crippen LogP contribution in [0.1, 0.15) is 31.7 Å². The van der Waals surface area contributed by atoms with Crippen molar-refractivity contribution < 1.29 is 23.4 Å². The number of hydrogen-bond acceptors (Lipinski definition) is 3. The van der Waals surface area contributed by atoms with Crippen molar-refractivity contribution in [2.24, 2.45) is 5.41 Å². The number of carbonyl (C=O) groups is 1. The second kappa shape index (κ2) is 7.59. The number of aliphatic hydroxyl groups excluding tert-OH is 1. The third-order valence-electron chi connectivity index (χ3n) is 4.38. The van der Waals surface area contributed by atoms with Gasteiger partial charge in [-0.1, -0.05) is 31.5 Å². The molecule has 0 aromatic heterocycles. The molecule has 1 saturated carbocycles. The molecule has 2 unspecified atom stereocenters. The Kier molecular flexibility index (Phi) is 5.76. The zero-order valence-electron chi connectivity index (χ0n) is 13.0. The van der Waals surface area contributed by atoms with Crippen LogP contribution in [-0.2, 0) is 6.54 Å². The smallest absolute Gasteiger partial charge is 0.387 e. The molecule has 23 heavy (non-hydrogen) atoms. The Hall–Kier alpha value is -1.89. The molecule has 2 atom stereocenters. The number of alkyl halides is 2. The van der Waals surface area contributed by atoms with Gasteiger partial charge in [0.2, 0.25) is 0 Å². The minimum atomic E-state index is -2.91. The maximum atomic E-state index is 12.3. The van der Waals surface area contributed by atoms with Crippen molar-refractivity contribution in [1.29, 1.82) is 0 Å². The van der Waals surface area contributed by atoms with E-state index in [4.69, 9.17) is 0 Å². The zero-order chi connectivity index (χ0) is 16.9. The van der Waals surface area contributed by atoms with Gasteiger partial charge in [-0.25, -0.2) is 4.79 Å². The van der Waals surface area contributed by atoms with E-state index in [2.05, 4.69) is 15.4 Å². The van der Waals surface area contributed by atoms with Gasteiger partial charge in [-0.2, -0.15) is 8.78 Å². The molecule has 1 fully saturated rings. The van der Waals surface area contributed by atoms with E-state index >= 15 is 0 Å². The number of urea groups is 1. The van der Waals surface area contributed by atoms with Crippen LogP contribution in [-0.4, -0.2) is 30.4 Å². The first-order chi connectivity index (χ1) is 10.9. The molecule has 2 rings (SSSR count). The van der Waals surface area contributed by atoms with Crippen molar-refractivity contribution in [1.82, 2.24) is 10.6 Å². The van der Waals surface area contributed by atoms with E-state index in [-0.39, 0.29) is 36.4 Å². The fourth-order valence-electron chi connectivity index (χ4n) is 2.91. The summed E-state index contributed by atoms with van der Waals surface area (Å²) in [7, 11) is 0. The van der Waals surface area contributed by atoms with Crippen LogP contribution in [0, 0.1) is 5.41 Å². The van der Waals surface area contributed by atoms with E-state index in [0.29, 0.717) is 5.56 Å². The van der Waals surface area contributed by atoms with Crippen molar-refractivity contribution in [3.63, 3.8) is 0 Å². The third kappa shape index (κ3) is 4.54. The van der Waals surface area contributed by atoms with Crippen LogP contribution in [0.5, 0.6) is 5.75 Å². The average Bonchev–Trinajstić information content (AvgIpc) is 2.87. The minimum Gasteiger partial charge on any atom is -0.434 e. The van der Waals surface area contributed by atoms with Gasteiger partial charge in [-0.15, -0.1) is 0 Å². The van der Waals surface area contributed by atoms with Crippen LogP contribution >= 0.6 is 0 Å². The van der Waals surface area contributed by atoms with Crippen LogP contribution in [0.2, 0.25) is 0 Å². The summed E-state index contributed by atoms with van der Waals surface area (Å²) in [5.74, 6) is 0.0452. The maximum Gasteiger partial charge on any atom is 0.387 e. The number of aliphatic hydroxyl groups is 1. The molecule has 5 nitrogen and oxygen atoms in total. The molecular formula is C16H22F2N2O3. The highest BCUT2D eigenvalue weighted by atomic mass is 19.3. The molecular weight excluding hydrogens is 306 g/mol. The Labute approximate surface area is 134 Å². The SMILES string of the molecule is CC1(CO)CCCC1NC(=O)NCc1ccccc1OC(F)F. The molecule has 3 N–H and O–H groups in total. The van der Waals surface area contributed by atoms with Gasteiger partial charge in [0.15, 0.2) is 0 Å². The molecule has 1 aliphatic carbocycles. The van der Waals surface area contributed by atoms with Gasteiger partial charge in [0.25, 0.3) is 0 Å². The van der Waals surface area contributed by atoms with E-state index in [1.165, 1.54) is 6.07 Å². The molecule has 2 amide bonds. The molecule has 1 aliphatic rings. The molecule has 1 aromatic carbocycles. The Balaban J connectivity index is 1.90. The predicted molar refractivity (Wildman–Crippen MR) is 81.3 cm³/mol. The average molecular weight is 328 g/mol. The Morgan fingerprint density at radius 1 is 1.48 bits per heavy atom. The first-order valence-corrected chi connectivity index (χ1v) is 7.62. The molecule has 0 saturated heterocycles. The first-order valence-electron chi connectivity index (χ1n) is 7.62. The largest absolute Gasteiger partial charge is 0.434 e. The summed E-state index contributed by atoms with van der Waals surface area (Å²) < 4.78 is 29.1. The van der Waals surface area contributed by atoms with Gasteiger partial charge < -0.3 is 20.5 Å². The van der Waals surface area contributed by atoms with E-state index in [0.717, 1.165) is 19.3 Å². The lowest BCUT2D eigenvalue weighted by atomic mass is 9.86. The van der Waals surface area contributed by atoms with E-state index in [9.17, 15) is 18.7 Å². The van der Waals surface area contributed by atoms with Crippen molar-refractivity contribution >= 4 is 6.03 Å². The number of hydrogen-bond donors (Lipinski definition) is 3. The van der Waals surface area contributed by atoms with E-state index < -0.39 is 6.61 Å². The molecule has 7 heteroatoms. The van der Waals surface area contributed by atoms with Gasteiger partial charge in [-0.05, 0) is 18.9 Å². The topological polar surface area (TPSA) is 70.6 Å². The second-order valence-electron chi connectivity index (χ2n) is 6.07. The summed E-state index contributed by atoms with van der Waals surface area (Å²) in [6, 6.07) is 5.84. The highest BCUT2D eigenvalue weighted by Crippen LogP contribution is 2.37. The number of halogens is 2. The molecule has 0 heterocycles. The number of carbonyl (C=O) groups excluding carboxylic acids is 1. The first kappa shape index (κ1) is 17.5. The van der Waals surface area contributed by atoms with Crippen molar-refractivity contribution in [3.05, 3.63) is 29.8 Å². The molecule has 1 aromatic rings. The number of amides is 2.